The predicted molar refractivity (Wildman–Crippen MR) is 78.3 cm³/mol. The second-order valence-corrected chi connectivity index (χ2v) is 5.32. The Morgan fingerprint density at radius 2 is 2.05 bits per heavy atom. The van der Waals surface area contributed by atoms with Gasteiger partial charge in [-0.1, -0.05) is 0 Å². The summed E-state index contributed by atoms with van der Waals surface area (Å²) in [5.74, 6) is 2.25. The third-order valence-electron chi connectivity index (χ3n) is 3.58. The first-order valence-electron chi connectivity index (χ1n) is 7.07. The second-order valence-electron chi connectivity index (χ2n) is 5.32. The third kappa shape index (κ3) is 3.30. The van der Waals surface area contributed by atoms with E-state index in [4.69, 9.17) is 4.42 Å². The molecule has 0 spiro atoms. The quantitative estimate of drug-likeness (QED) is 0.896. The van der Waals surface area contributed by atoms with Crippen molar-refractivity contribution in [1.29, 1.82) is 0 Å². The van der Waals surface area contributed by atoms with Gasteiger partial charge in [-0.05, 0) is 6.92 Å². The van der Waals surface area contributed by atoms with Crippen LogP contribution >= 0.6 is 0 Å². The van der Waals surface area contributed by atoms with Gasteiger partial charge in [0.05, 0.1) is 12.7 Å². The number of hydrogen-bond donors (Lipinski definition) is 1. The zero-order valence-electron chi connectivity index (χ0n) is 12.3. The number of aromatic amines is 1. The molecule has 3 heterocycles. The molecule has 1 aliphatic heterocycles. The molecule has 0 bridgehead atoms. The SMILES string of the molecule is Cc1cc(=O)[nH]c(N2CCN(Cc3cnc(C)o3)CC2)n1. The standard InChI is InChI=1S/C14H19N5O2/c1-10-7-13(20)17-14(16-10)19-5-3-18(4-6-19)9-12-8-15-11(2)21-12/h7-8H,3-6,9H2,1-2H3,(H,16,17,20). The highest BCUT2D eigenvalue weighted by Crippen LogP contribution is 2.13. The minimum atomic E-state index is -0.0999. The lowest BCUT2D eigenvalue weighted by Gasteiger charge is -2.34. The van der Waals surface area contributed by atoms with Gasteiger partial charge in [-0.3, -0.25) is 14.7 Å². The van der Waals surface area contributed by atoms with Crippen LogP contribution in [-0.2, 0) is 6.54 Å². The number of rotatable bonds is 3. The highest BCUT2D eigenvalue weighted by molar-refractivity contribution is 5.30. The number of aromatic nitrogens is 3. The van der Waals surface area contributed by atoms with E-state index in [2.05, 4.69) is 24.8 Å². The molecule has 2 aromatic heterocycles. The number of nitrogens with one attached hydrogen (secondary N) is 1. The van der Waals surface area contributed by atoms with Gasteiger partial charge in [0.2, 0.25) is 5.95 Å². The minimum Gasteiger partial charge on any atom is -0.445 e. The lowest BCUT2D eigenvalue weighted by molar-refractivity contribution is 0.228. The number of nitrogens with zero attached hydrogens (tertiary/aromatic N) is 4. The Balaban J connectivity index is 1.61. The van der Waals surface area contributed by atoms with Crippen LogP contribution in [0.3, 0.4) is 0 Å². The molecule has 1 N–H and O–H groups in total. The van der Waals surface area contributed by atoms with E-state index >= 15 is 0 Å². The fourth-order valence-corrected chi connectivity index (χ4v) is 2.53. The van der Waals surface area contributed by atoms with Crippen molar-refractivity contribution in [1.82, 2.24) is 19.9 Å². The lowest BCUT2D eigenvalue weighted by atomic mass is 10.3. The van der Waals surface area contributed by atoms with E-state index in [0.717, 1.165) is 44.2 Å². The highest BCUT2D eigenvalue weighted by Gasteiger charge is 2.19. The predicted octanol–water partition coefficient (Wildman–Crippen LogP) is 0.697. The van der Waals surface area contributed by atoms with Crippen LogP contribution in [0.1, 0.15) is 17.3 Å². The Labute approximate surface area is 122 Å². The Morgan fingerprint density at radius 1 is 1.29 bits per heavy atom. The molecule has 1 aliphatic rings. The summed E-state index contributed by atoms with van der Waals surface area (Å²) in [6.07, 6.45) is 1.78. The number of anilines is 1. The topological polar surface area (TPSA) is 78.3 Å². The molecule has 0 saturated carbocycles. The summed E-state index contributed by atoms with van der Waals surface area (Å²) >= 11 is 0. The molecule has 0 aliphatic carbocycles. The molecular weight excluding hydrogens is 270 g/mol. The van der Waals surface area contributed by atoms with Crippen molar-refractivity contribution in [3.63, 3.8) is 0 Å². The maximum Gasteiger partial charge on any atom is 0.252 e. The van der Waals surface area contributed by atoms with Crippen LogP contribution in [-0.4, -0.2) is 46.0 Å². The molecule has 7 nitrogen and oxygen atoms in total. The number of aryl methyl sites for hydroxylation is 2. The van der Waals surface area contributed by atoms with Crippen molar-refractivity contribution in [2.45, 2.75) is 20.4 Å². The van der Waals surface area contributed by atoms with Gasteiger partial charge in [-0.15, -0.1) is 0 Å². The van der Waals surface area contributed by atoms with Crippen LogP contribution in [0.15, 0.2) is 21.5 Å². The Hall–Kier alpha value is -2.15. The van der Waals surface area contributed by atoms with Crippen molar-refractivity contribution in [2.75, 3.05) is 31.1 Å². The lowest BCUT2D eigenvalue weighted by Crippen LogP contribution is -2.46. The zero-order valence-corrected chi connectivity index (χ0v) is 12.3. The van der Waals surface area contributed by atoms with Crippen LogP contribution in [0, 0.1) is 13.8 Å². The van der Waals surface area contributed by atoms with Gasteiger partial charge < -0.3 is 9.32 Å². The second kappa shape index (κ2) is 5.69. The summed E-state index contributed by atoms with van der Waals surface area (Å²) in [7, 11) is 0. The average Bonchev–Trinajstić information content (AvgIpc) is 2.84. The number of piperazine rings is 1. The largest absolute Gasteiger partial charge is 0.445 e. The van der Waals surface area contributed by atoms with Crippen molar-refractivity contribution in [2.24, 2.45) is 0 Å². The molecular formula is C14H19N5O2. The molecule has 3 rings (SSSR count). The number of hydrogen-bond acceptors (Lipinski definition) is 6. The monoisotopic (exact) mass is 289 g/mol. The molecule has 1 saturated heterocycles. The summed E-state index contributed by atoms with van der Waals surface area (Å²) in [5.41, 5.74) is 0.644. The maximum atomic E-state index is 11.5. The van der Waals surface area contributed by atoms with Gasteiger partial charge in [0.25, 0.3) is 5.56 Å². The molecule has 0 unspecified atom stereocenters. The molecule has 7 heteroatoms. The van der Waals surface area contributed by atoms with Gasteiger partial charge in [0.1, 0.15) is 5.76 Å². The zero-order chi connectivity index (χ0) is 14.8. The van der Waals surface area contributed by atoms with E-state index < -0.39 is 0 Å². The van der Waals surface area contributed by atoms with Crippen LogP contribution in [0.5, 0.6) is 0 Å². The van der Waals surface area contributed by atoms with Crippen molar-refractivity contribution >= 4 is 5.95 Å². The smallest absolute Gasteiger partial charge is 0.252 e. The summed E-state index contributed by atoms with van der Waals surface area (Å²) in [4.78, 5) is 27.2. The normalized spacial score (nSPS) is 16.4. The highest BCUT2D eigenvalue weighted by atomic mass is 16.4. The van der Waals surface area contributed by atoms with Crippen LogP contribution in [0.2, 0.25) is 0 Å². The minimum absolute atomic E-state index is 0.0999. The van der Waals surface area contributed by atoms with Crippen LogP contribution in [0.4, 0.5) is 5.95 Å². The van der Waals surface area contributed by atoms with Crippen molar-refractivity contribution in [3.8, 4) is 0 Å². The van der Waals surface area contributed by atoms with E-state index in [1.165, 1.54) is 6.07 Å². The third-order valence-corrected chi connectivity index (χ3v) is 3.58. The van der Waals surface area contributed by atoms with Gasteiger partial charge >= 0.3 is 0 Å². The fraction of sp³-hybridized carbons (Fsp3) is 0.500. The molecule has 1 fully saturated rings. The molecule has 2 aromatic rings. The number of oxazole rings is 1. The van der Waals surface area contributed by atoms with Gasteiger partial charge in [0.15, 0.2) is 5.89 Å². The summed E-state index contributed by atoms with van der Waals surface area (Å²) in [6.45, 7) is 7.92. The summed E-state index contributed by atoms with van der Waals surface area (Å²) < 4.78 is 5.50. The molecule has 112 valence electrons. The first kappa shape index (κ1) is 13.8. The van der Waals surface area contributed by atoms with E-state index in [0.29, 0.717) is 11.8 Å². The van der Waals surface area contributed by atoms with Gasteiger partial charge in [-0.25, -0.2) is 9.97 Å². The first-order valence-corrected chi connectivity index (χ1v) is 7.07. The van der Waals surface area contributed by atoms with E-state index in [1.807, 2.05) is 13.8 Å². The summed E-state index contributed by atoms with van der Waals surface area (Å²) in [6, 6.07) is 1.51. The molecule has 0 aromatic carbocycles. The number of H-pyrrole nitrogens is 1. The van der Waals surface area contributed by atoms with Crippen LogP contribution < -0.4 is 10.5 Å². The van der Waals surface area contributed by atoms with E-state index in [9.17, 15) is 4.79 Å². The Kier molecular flexibility index (Phi) is 3.74. The van der Waals surface area contributed by atoms with Gasteiger partial charge in [0, 0.05) is 44.9 Å². The summed E-state index contributed by atoms with van der Waals surface area (Å²) in [5, 5.41) is 0. The molecule has 0 radical (unpaired) electrons. The Morgan fingerprint density at radius 3 is 2.67 bits per heavy atom. The van der Waals surface area contributed by atoms with Crippen molar-refractivity contribution < 1.29 is 4.42 Å². The van der Waals surface area contributed by atoms with Crippen LogP contribution in [0.25, 0.3) is 0 Å². The average molecular weight is 289 g/mol. The van der Waals surface area contributed by atoms with E-state index in [-0.39, 0.29) is 5.56 Å². The van der Waals surface area contributed by atoms with Gasteiger partial charge in [-0.2, -0.15) is 0 Å². The Bertz CT molecular complexity index is 670. The first-order chi connectivity index (χ1) is 10.1. The molecule has 0 atom stereocenters. The van der Waals surface area contributed by atoms with E-state index in [1.54, 1.807) is 6.20 Å². The molecule has 0 amide bonds. The van der Waals surface area contributed by atoms with Crippen molar-refractivity contribution in [3.05, 3.63) is 40.0 Å². The molecule has 21 heavy (non-hydrogen) atoms. The fourth-order valence-electron chi connectivity index (χ4n) is 2.53. The maximum absolute atomic E-state index is 11.5.